The van der Waals surface area contributed by atoms with E-state index in [0.717, 1.165) is 25.7 Å². The highest BCUT2D eigenvalue weighted by Crippen LogP contribution is 2.41. The van der Waals surface area contributed by atoms with E-state index in [2.05, 4.69) is 26.5 Å². The lowest BCUT2D eigenvalue weighted by Gasteiger charge is -2.28. The predicted molar refractivity (Wildman–Crippen MR) is 83.9 cm³/mol. The first-order valence-corrected chi connectivity index (χ1v) is 9.47. The smallest absolute Gasteiger partial charge is 0.242 e. The van der Waals surface area contributed by atoms with Crippen molar-refractivity contribution < 1.29 is 8.42 Å². The lowest BCUT2D eigenvalue weighted by Crippen LogP contribution is -2.38. The Kier molecular flexibility index (Phi) is 4.10. The van der Waals surface area contributed by atoms with Gasteiger partial charge in [-0.25, -0.2) is 13.1 Å². The number of thiophene rings is 1. The van der Waals surface area contributed by atoms with E-state index < -0.39 is 10.0 Å². The Balaban J connectivity index is 1.80. The van der Waals surface area contributed by atoms with Gasteiger partial charge in [-0.2, -0.15) is 11.3 Å². The monoisotopic (exact) mass is 322 g/mol. The summed E-state index contributed by atoms with van der Waals surface area (Å²) in [5.74, 6) is 0. The highest BCUT2D eigenvalue weighted by molar-refractivity contribution is 7.89. The van der Waals surface area contributed by atoms with Gasteiger partial charge in [-0.15, -0.1) is 0 Å². The van der Waals surface area contributed by atoms with Gasteiger partial charge >= 0.3 is 0 Å². The Morgan fingerprint density at radius 1 is 1.29 bits per heavy atom. The molecule has 0 bridgehead atoms. The van der Waals surface area contributed by atoms with Gasteiger partial charge in [0.1, 0.15) is 4.90 Å². The van der Waals surface area contributed by atoms with Crippen LogP contribution in [0.5, 0.6) is 0 Å². The first-order chi connectivity index (χ1) is 10.1. The molecule has 6 heteroatoms. The van der Waals surface area contributed by atoms with Crippen molar-refractivity contribution in [3.63, 3.8) is 0 Å². The van der Waals surface area contributed by atoms with E-state index in [1.165, 1.54) is 11.8 Å². The summed E-state index contributed by atoms with van der Waals surface area (Å²) in [6.45, 7) is 0.459. The molecule has 0 aliphatic heterocycles. The van der Waals surface area contributed by atoms with Crippen LogP contribution in [0.1, 0.15) is 31.2 Å². The summed E-state index contributed by atoms with van der Waals surface area (Å²) in [5.41, 5.74) is 1.22. The van der Waals surface area contributed by atoms with E-state index in [1.54, 1.807) is 29.7 Å². The van der Waals surface area contributed by atoms with Gasteiger partial charge < -0.3 is 0 Å². The third kappa shape index (κ3) is 3.02. The van der Waals surface area contributed by atoms with E-state index in [9.17, 15) is 8.42 Å². The second-order valence-electron chi connectivity index (χ2n) is 5.51. The molecule has 3 rings (SSSR count). The molecule has 2 aromatic heterocycles. The van der Waals surface area contributed by atoms with Crippen molar-refractivity contribution in [3.8, 4) is 0 Å². The fraction of sp³-hybridized carbons (Fsp3) is 0.400. The van der Waals surface area contributed by atoms with Crippen LogP contribution in [0.4, 0.5) is 0 Å². The third-order valence-corrected chi connectivity index (χ3v) is 6.31. The van der Waals surface area contributed by atoms with Gasteiger partial charge in [0.05, 0.1) is 0 Å². The number of sulfonamides is 1. The van der Waals surface area contributed by atoms with Crippen LogP contribution in [0.15, 0.2) is 46.2 Å². The average Bonchev–Trinajstić information content (AvgIpc) is 3.18. The number of aromatic nitrogens is 1. The lowest BCUT2D eigenvalue weighted by molar-refractivity contribution is 0.433. The molecule has 0 radical (unpaired) electrons. The number of nitrogens with one attached hydrogen (secondary N) is 1. The SMILES string of the molecule is O=S(=O)(NCC1(c2ccsc2)CCCC1)c1cccnc1. The van der Waals surface area contributed by atoms with Gasteiger partial charge in [0, 0.05) is 24.4 Å². The maximum absolute atomic E-state index is 12.4. The minimum Gasteiger partial charge on any atom is -0.263 e. The number of pyridine rings is 1. The minimum absolute atomic E-state index is 0.0464. The topological polar surface area (TPSA) is 59.1 Å². The average molecular weight is 322 g/mol. The Morgan fingerprint density at radius 3 is 2.71 bits per heavy atom. The maximum atomic E-state index is 12.4. The van der Waals surface area contributed by atoms with Gasteiger partial charge in [-0.1, -0.05) is 12.8 Å². The molecule has 0 aromatic carbocycles. The van der Waals surface area contributed by atoms with Crippen molar-refractivity contribution in [2.75, 3.05) is 6.54 Å². The van der Waals surface area contributed by atoms with Gasteiger partial charge in [0.15, 0.2) is 0 Å². The zero-order chi connectivity index (χ0) is 14.8. The fourth-order valence-electron chi connectivity index (χ4n) is 3.01. The van der Waals surface area contributed by atoms with Crippen molar-refractivity contribution in [2.24, 2.45) is 0 Å². The molecule has 0 unspecified atom stereocenters. The molecule has 21 heavy (non-hydrogen) atoms. The number of hydrogen-bond acceptors (Lipinski definition) is 4. The molecule has 0 spiro atoms. The maximum Gasteiger partial charge on any atom is 0.242 e. The van der Waals surface area contributed by atoms with E-state index in [0.29, 0.717) is 6.54 Å². The van der Waals surface area contributed by atoms with Crippen molar-refractivity contribution in [3.05, 3.63) is 46.9 Å². The number of nitrogens with zero attached hydrogens (tertiary/aromatic N) is 1. The van der Waals surface area contributed by atoms with Gasteiger partial charge in [0.2, 0.25) is 10.0 Å². The van der Waals surface area contributed by atoms with Crippen LogP contribution in [0, 0.1) is 0 Å². The fourth-order valence-corrected chi connectivity index (χ4v) is 4.88. The molecule has 1 N–H and O–H groups in total. The highest BCUT2D eigenvalue weighted by Gasteiger charge is 2.37. The Labute approximate surface area is 129 Å². The summed E-state index contributed by atoms with van der Waals surface area (Å²) < 4.78 is 27.5. The number of rotatable bonds is 5. The van der Waals surface area contributed by atoms with Crippen LogP contribution in [-0.4, -0.2) is 19.9 Å². The molecule has 2 heterocycles. The van der Waals surface area contributed by atoms with Crippen LogP contribution in [0.25, 0.3) is 0 Å². The van der Waals surface area contributed by atoms with Gasteiger partial charge in [0.25, 0.3) is 0 Å². The van der Waals surface area contributed by atoms with Crippen molar-refractivity contribution in [2.45, 2.75) is 36.0 Å². The zero-order valence-electron chi connectivity index (χ0n) is 11.7. The van der Waals surface area contributed by atoms with Gasteiger partial charge in [-0.05, 0) is 47.4 Å². The summed E-state index contributed by atoms with van der Waals surface area (Å²) in [5, 5.41) is 4.20. The molecule has 0 amide bonds. The summed E-state index contributed by atoms with van der Waals surface area (Å²) in [6, 6.07) is 5.33. The molecule has 112 valence electrons. The second kappa shape index (κ2) is 5.87. The molecular formula is C15H18N2O2S2. The third-order valence-electron chi connectivity index (χ3n) is 4.24. The Bertz CT molecular complexity index is 676. The molecule has 1 fully saturated rings. The molecule has 4 nitrogen and oxygen atoms in total. The predicted octanol–water partition coefficient (Wildman–Crippen LogP) is 2.93. The Hall–Kier alpha value is -1.24. The Morgan fingerprint density at radius 2 is 2.10 bits per heavy atom. The molecular weight excluding hydrogens is 304 g/mol. The molecule has 2 aromatic rings. The normalized spacial score (nSPS) is 17.9. The molecule has 0 atom stereocenters. The first-order valence-electron chi connectivity index (χ1n) is 7.05. The summed E-state index contributed by atoms with van der Waals surface area (Å²) in [7, 11) is -3.49. The highest BCUT2D eigenvalue weighted by atomic mass is 32.2. The van der Waals surface area contributed by atoms with Crippen LogP contribution >= 0.6 is 11.3 Å². The van der Waals surface area contributed by atoms with Crippen LogP contribution in [-0.2, 0) is 15.4 Å². The van der Waals surface area contributed by atoms with Crippen LogP contribution in [0.3, 0.4) is 0 Å². The van der Waals surface area contributed by atoms with E-state index >= 15 is 0 Å². The van der Waals surface area contributed by atoms with Crippen molar-refractivity contribution in [1.29, 1.82) is 0 Å². The zero-order valence-corrected chi connectivity index (χ0v) is 13.3. The summed E-state index contributed by atoms with van der Waals surface area (Å²) >= 11 is 1.67. The summed E-state index contributed by atoms with van der Waals surface area (Å²) in [6.07, 6.45) is 7.35. The molecule has 0 saturated heterocycles. The van der Waals surface area contributed by atoms with E-state index in [4.69, 9.17) is 0 Å². The summed E-state index contributed by atoms with van der Waals surface area (Å²) in [4.78, 5) is 4.11. The molecule has 1 aliphatic rings. The molecule has 1 aliphatic carbocycles. The van der Waals surface area contributed by atoms with E-state index in [-0.39, 0.29) is 10.3 Å². The largest absolute Gasteiger partial charge is 0.263 e. The van der Waals surface area contributed by atoms with Crippen molar-refractivity contribution >= 4 is 21.4 Å². The number of hydrogen-bond donors (Lipinski definition) is 1. The van der Waals surface area contributed by atoms with Crippen LogP contribution in [0.2, 0.25) is 0 Å². The standard InChI is InChI=1S/C15H18N2O2S2/c18-21(19,14-4-3-8-16-10-14)17-12-15(6-1-2-7-15)13-5-9-20-11-13/h3-5,8-11,17H,1-2,6-7,12H2. The van der Waals surface area contributed by atoms with E-state index in [1.807, 2.05) is 0 Å². The lowest BCUT2D eigenvalue weighted by atomic mass is 9.81. The minimum atomic E-state index is -3.49. The first kappa shape index (κ1) is 14.7. The quantitative estimate of drug-likeness (QED) is 0.921. The van der Waals surface area contributed by atoms with Crippen molar-refractivity contribution in [1.82, 2.24) is 9.71 Å². The van der Waals surface area contributed by atoms with Crippen LogP contribution < -0.4 is 4.72 Å². The second-order valence-corrected chi connectivity index (χ2v) is 8.06. The molecule has 1 saturated carbocycles. The van der Waals surface area contributed by atoms with Gasteiger partial charge in [-0.3, -0.25) is 4.98 Å².